The Bertz CT molecular complexity index is 340. The Morgan fingerprint density at radius 3 is 2.71 bits per heavy atom. The fourth-order valence-corrected chi connectivity index (χ4v) is 2.74. The standard InChI is InChI=1S/C11H14O3/c1-11-5-2-3-7(11)9(10(13)14)8(12)4-6-11/h2-6H2,1H3,(H,13,14). The first kappa shape index (κ1) is 9.44. The van der Waals surface area contributed by atoms with Gasteiger partial charge in [0.15, 0.2) is 5.78 Å². The van der Waals surface area contributed by atoms with Crippen LogP contribution < -0.4 is 0 Å². The molecule has 0 amide bonds. The van der Waals surface area contributed by atoms with E-state index in [1.807, 2.05) is 0 Å². The quantitative estimate of drug-likeness (QED) is 0.649. The van der Waals surface area contributed by atoms with E-state index in [4.69, 9.17) is 5.11 Å². The van der Waals surface area contributed by atoms with Crippen LogP contribution in [-0.4, -0.2) is 16.9 Å². The van der Waals surface area contributed by atoms with Gasteiger partial charge in [-0.1, -0.05) is 6.92 Å². The van der Waals surface area contributed by atoms with Gasteiger partial charge in [0.1, 0.15) is 5.57 Å². The third-order valence-electron chi connectivity index (χ3n) is 3.58. The van der Waals surface area contributed by atoms with Gasteiger partial charge in [0, 0.05) is 6.42 Å². The fraction of sp³-hybridized carbons (Fsp3) is 0.636. The fourth-order valence-electron chi connectivity index (χ4n) is 2.74. The van der Waals surface area contributed by atoms with Gasteiger partial charge >= 0.3 is 5.97 Å². The van der Waals surface area contributed by atoms with E-state index < -0.39 is 5.97 Å². The normalized spacial score (nSPS) is 31.9. The molecule has 0 radical (unpaired) electrons. The van der Waals surface area contributed by atoms with Crippen molar-refractivity contribution >= 4 is 11.8 Å². The Hall–Kier alpha value is -1.12. The van der Waals surface area contributed by atoms with Gasteiger partial charge < -0.3 is 5.11 Å². The third kappa shape index (κ3) is 1.19. The molecule has 1 saturated carbocycles. The third-order valence-corrected chi connectivity index (χ3v) is 3.58. The molecule has 1 N–H and O–H groups in total. The van der Waals surface area contributed by atoms with Crippen molar-refractivity contribution in [2.24, 2.45) is 5.41 Å². The minimum atomic E-state index is -1.03. The van der Waals surface area contributed by atoms with E-state index in [-0.39, 0.29) is 16.8 Å². The van der Waals surface area contributed by atoms with E-state index in [1.165, 1.54) is 0 Å². The summed E-state index contributed by atoms with van der Waals surface area (Å²) in [5, 5.41) is 8.99. The Kier molecular flexibility index (Phi) is 1.98. The summed E-state index contributed by atoms with van der Waals surface area (Å²) in [6, 6.07) is 0. The van der Waals surface area contributed by atoms with Crippen LogP contribution in [0.2, 0.25) is 0 Å². The summed E-state index contributed by atoms with van der Waals surface area (Å²) in [5.74, 6) is -1.20. The lowest BCUT2D eigenvalue weighted by Crippen LogP contribution is -2.28. The van der Waals surface area contributed by atoms with Crippen LogP contribution in [0.1, 0.15) is 39.0 Å². The molecule has 3 nitrogen and oxygen atoms in total. The highest BCUT2D eigenvalue weighted by molar-refractivity contribution is 6.18. The maximum Gasteiger partial charge on any atom is 0.339 e. The first-order chi connectivity index (χ1) is 6.54. The van der Waals surface area contributed by atoms with Crippen molar-refractivity contribution in [3.05, 3.63) is 11.1 Å². The van der Waals surface area contributed by atoms with Crippen molar-refractivity contribution < 1.29 is 14.7 Å². The zero-order valence-electron chi connectivity index (χ0n) is 8.30. The summed E-state index contributed by atoms with van der Waals surface area (Å²) >= 11 is 0. The second-order valence-electron chi connectivity index (χ2n) is 4.50. The number of allylic oxidation sites excluding steroid dienone is 1. The molecule has 2 rings (SSSR count). The topological polar surface area (TPSA) is 54.4 Å². The number of carbonyl (C=O) groups excluding carboxylic acids is 1. The van der Waals surface area contributed by atoms with E-state index in [0.717, 1.165) is 31.3 Å². The number of carbonyl (C=O) groups is 2. The zero-order valence-corrected chi connectivity index (χ0v) is 8.30. The lowest BCUT2D eigenvalue weighted by Gasteiger charge is -2.31. The summed E-state index contributed by atoms with van der Waals surface area (Å²) < 4.78 is 0. The maximum absolute atomic E-state index is 11.5. The Balaban J connectivity index is 2.53. The maximum atomic E-state index is 11.5. The van der Waals surface area contributed by atoms with Gasteiger partial charge in [0.2, 0.25) is 0 Å². The first-order valence-electron chi connectivity index (χ1n) is 5.05. The molecule has 1 atom stereocenters. The molecule has 0 aliphatic heterocycles. The minimum absolute atomic E-state index is 0.00162. The lowest BCUT2D eigenvalue weighted by molar-refractivity contribution is -0.135. The summed E-state index contributed by atoms with van der Waals surface area (Å²) in [6.45, 7) is 2.09. The molecule has 0 aromatic rings. The summed E-state index contributed by atoms with van der Waals surface area (Å²) in [7, 11) is 0. The van der Waals surface area contributed by atoms with Gasteiger partial charge in [-0.05, 0) is 36.7 Å². The first-order valence-corrected chi connectivity index (χ1v) is 5.05. The highest BCUT2D eigenvalue weighted by atomic mass is 16.4. The molecule has 2 aliphatic carbocycles. The highest BCUT2D eigenvalue weighted by Crippen LogP contribution is 2.50. The molecule has 0 aromatic carbocycles. The Labute approximate surface area is 82.8 Å². The van der Waals surface area contributed by atoms with Crippen LogP contribution in [0.4, 0.5) is 0 Å². The summed E-state index contributed by atoms with van der Waals surface area (Å²) in [4.78, 5) is 22.5. The van der Waals surface area contributed by atoms with Gasteiger partial charge in [0.05, 0.1) is 0 Å². The average Bonchev–Trinajstić information content (AvgIpc) is 2.46. The van der Waals surface area contributed by atoms with Gasteiger partial charge in [-0.15, -0.1) is 0 Å². The molecule has 14 heavy (non-hydrogen) atoms. The number of ketones is 1. The van der Waals surface area contributed by atoms with Crippen molar-refractivity contribution in [1.82, 2.24) is 0 Å². The molecule has 1 fully saturated rings. The SMILES string of the molecule is CC12CCCC1=C(C(=O)O)C(=O)CC2. The summed E-state index contributed by atoms with van der Waals surface area (Å²) in [6.07, 6.45) is 4.09. The Morgan fingerprint density at radius 2 is 2.07 bits per heavy atom. The van der Waals surface area contributed by atoms with Crippen LogP contribution in [0.3, 0.4) is 0 Å². The van der Waals surface area contributed by atoms with Crippen molar-refractivity contribution in [2.75, 3.05) is 0 Å². The smallest absolute Gasteiger partial charge is 0.339 e. The zero-order chi connectivity index (χ0) is 10.3. The highest BCUT2D eigenvalue weighted by Gasteiger charge is 2.42. The van der Waals surface area contributed by atoms with Crippen LogP contribution in [0.25, 0.3) is 0 Å². The molecular weight excluding hydrogens is 180 g/mol. The van der Waals surface area contributed by atoms with E-state index >= 15 is 0 Å². The van der Waals surface area contributed by atoms with E-state index in [0.29, 0.717) is 6.42 Å². The number of carboxylic acids is 1. The predicted molar refractivity (Wildman–Crippen MR) is 50.9 cm³/mol. The van der Waals surface area contributed by atoms with Crippen LogP contribution in [0.15, 0.2) is 11.1 Å². The van der Waals surface area contributed by atoms with E-state index in [1.54, 1.807) is 0 Å². The van der Waals surface area contributed by atoms with E-state index in [2.05, 4.69) is 6.92 Å². The van der Waals surface area contributed by atoms with Crippen LogP contribution >= 0.6 is 0 Å². The van der Waals surface area contributed by atoms with Gasteiger partial charge in [0.25, 0.3) is 0 Å². The lowest BCUT2D eigenvalue weighted by atomic mass is 9.72. The monoisotopic (exact) mass is 194 g/mol. The second-order valence-corrected chi connectivity index (χ2v) is 4.50. The van der Waals surface area contributed by atoms with E-state index in [9.17, 15) is 9.59 Å². The van der Waals surface area contributed by atoms with Crippen LogP contribution in [0.5, 0.6) is 0 Å². The van der Waals surface area contributed by atoms with Crippen molar-refractivity contribution in [1.29, 1.82) is 0 Å². The molecule has 0 spiro atoms. The molecule has 0 heterocycles. The van der Waals surface area contributed by atoms with Crippen molar-refractivity contribution in [2.45, 2.75) is 39.0 Å². The second kappa shape index (κ2) is 2.94. The van der Waals surface area contributed by atoms with Gasteiger partial charge in [-0.2, -0.15) is 0 Å². The van der Waals surface area contributed by atoms with Crippen molar-refractivity contribution in [3.8, 4) is 0 Å². The molecule has 3 heteroatoms. The number of rotatable bonds is 1. The number of aliphatic carboxylic acids is 1. The van der Waals surface area contributed by atoms with Crippen LogP contribution in [0, 0.1) is 5.41 Å². The number of hydrogen-bond donors (Lipinski definition) is 1. The predicted octanol–water partition coefficient (Wildman–Crippen LogP) is 1.92. The van der Waals surface area contributed by atoms with Gasteiger partial charge in [-0.3, -0.25) is 4.79 Å². The number of carboxylic acid groups (broad SMARTS) is 1. The number of fused-ring (bicyclic) bond motifs is 1. The number of Topliss-reactive ketones (excluding diaryl/α,β-unsaturated/α-hetero) is 1. The molecular formula is C11H14O3. The molecule has 0 saturated heterocycles. The molecule has 1 unspecified atom stereocenters. The average molecular weight is 194 g/mol. The summed E-state index contributed by atoms with van der Waals surface area (Å²) in [5.41, 5.74) is 0.999. The molecule has 0 bridgehead atoms. The Morgan fingerprint density at radius 1 is 1.36 bits per heavy atom. The van der Waals surface area contributed by atoms with Gasteiger partial charge in [-0.25, -0.2) is 4.79 Å². The molecule has 76 valence electrons. The minimum Gasteiger partial charge on any atom is -0.478 e. The largest absolute Gasteiger partial charge is 0.478 e. The van der Waals surface area contributed by atoms with Crippen LogP contribution in [-0.2, 0) is 9.59 Å². The van der Waals surface area contributed by atoms with Crippen molar-refractivity contribution in [3.63, 3.8) is 0 Å². The number of hydrogen-bond acceptors (Lipinski definition) is 2. The molecule has 0 aromatic heterocycles. The molecule has 2 aliphatic rings.